The molecular weight excluding hydrogens is 735 g/mol. The molecule has 0 N–H and O–H groups in total. The number of fused-ring (bicyclic) bond motifs is 6. The second kappa shape index (κ2) is 14.2. The lowest BCUT2D eigenvalue weighted by molar-refractivity contribution is 0.660. The van der Waals surface area contributed by atoms with Crippen molar-refractivity contribution in [3.8, 4) is 66.8 Å². The van der Waals surface area contributed by atoms with Crippen LogP contribution in [-0.4, -0.2) is 0 Å². The summed E-state index contributed by atoms with van der Waals surface area (Å²) in [5, 5.41) is 0. The monoisotopic (exact) mass is 781 g/mol. The van der Waals surface area contributed by atoms with Crippen molar-refractivity contribution in [3.05, 3.63) is 235 Å². The van der Waals surface area contributed by atoms with E-state index in [9.17, 15) is 0 Å². The molecule has 0 atom stereocenters. The van der Waals surface area contributed by atoms with Crippen LogP contribution in [0.15, 0.2) is 212 Å². The molecular formula is C60H47N. The van der Waals surface area contributed by atoms with Crippen molar-refractivity contribution in [3.63, 3.8) is 0 Å². The topological polar surface area (TPSA) is 3.24 Å². The summed E-state index contributed by atoms with van der Waals surface area (Å²) < 4.78 is 0. The van der Waals surface area contributed by atoms with Crippen molar-refractivity contribution in [2.75, 3.05) is 4.90 Å². The molecule has 0 aromatic heterocycles. The third-order valence-corrected chi connectivity index (χ3v) is 13.5. The second-order valence-electron chi connectivity index (χ2n) is 17.7. The van der Waals surface area contributed by atoms with E-state index in [-0.39, 0.29) is 10.8 Å². The van der Waals surface area contributed by atoms with Gasteiger partial charge in [0.25, 0.3) is 0 Å². The Morgan fingerprint density at radius 2 is 0.738 bits per heavy atom. The molecule has 2 aliphatic carbocycles. The fourth-order valence-electron chi connectivity index (χ4n) is 10.5. The van der Waals surface area contributed by atoms with Crippen LogP contribution < -0.4 is 4.90 Å². The van der Waals surface area contributed by atoms with Crippen LogP contribution in [0.25, 0.3) is 66.8 Å². The van der Waals surface area contributed by atoms with E-state index in [1.807, 2.05) is 0 Å². The molecule has 0 aliphatic heterocycles. The van der Waals surface area contributed by atoms with Gasteiger partial charge in [-0.1, -0.05) is 210 Å². The predicted octanol–water partition coefficient (Wildman–Crippen LogP) is 16.4. The van der Waals surface area contributed by atoms with Crippen molar-refractivity contribution in [1.82, 2.24) is 0 Å². The largest absolute Gasteiger partial charge is 0.309 e. The van der Waals surface area contributed by atoms with Crippen LogP contribution in [-0.2, 0) is 10.8 Å². The molecule has 0 radical (unpaired) electrons. The maximum atomic E-state index is 2.53. The Kier molecular flexibility index (Phi) is 8.58. The van der Waals surface area contributed by atoms with Crippen LogP contribution in [0.4, 0.5) is 17.1 Å². The Bertz CT molecular complexity index is 3120. The molecule has 9 aromatic carbocycles. The molecule has 1 heteroatoms. The Hall–Kier alpha value is -7.22. The van der Waals surface area contributed by atoms with E-state index >= 15 is 0 Å². The van der Waals surface area contributed by atoms with Crippen LogP contribution in [0, 0.1) is 0 Å². The normalized spacial score (nSPS) is 13.8. The van der Waals surface area contributed by atoms with E-state index in [2.05, 4.69) is 245 Å². The van der Waals surface area contributed by atoms with Gasteiger partial charge in [0.05, 0.1) is 11.4 Å². The average Bonchev–Trinajstić information content (AvgIpc) is 3.69. The highest BCUT2D eigenvalue weighted by atomic mass is 15.1. The van der Waals surface area contributed by atoms with Crippen LogP contribution in [0.5, 0.6) is 0 Å². The molecule has 0 spiro atoms. The van der Waals surface area contributed by atoms with Gasteiger partial charge in [0.2, 0.25) is 0 Å². The molecule has 0 fully saturated rings. The summed E-state index contributed by atoms with van der Waals surface area (Å²) in [6, 6.07) is 78.6. The lowest BCUT2D eigenvalue weighted by Gasteiger charge is -2.32. The van der Waals surface area contributed by atoms with E-state index in [0.29, 0.717) is 0 Å². The van der Waals surface area contributed by atoms with E-state index < -0.39 is 0 Å². The minimum absolute atomic E-state index is 0.0629. The van der Waals surface area contributed by atoms with Gasteiger partial charge >= 0.3 is 0 Å². The standard InChI is InChI=1S/C60H47N/c1-59(2)52-29-16-14-26-50(52)58-53(59)30-18-32-56(58)61(44-36-33-40(34-37-44)43-35-38-48-47-24-13-15-28-51(47)60(3,4)54(48)39-43)55-31-17-27-46(42-21-9-6-10-22-42)57(55)49-25-12-11-23-45(49)41-19-7-5-8-20-41/h5-39H,1-4H3. The molecule has 2 aliphatic rings. The molecule has 11 rings (SSSR count). The fraction of sp³-hybridized carbons (Fsp3) is 0.100. The number of rotatable bonds is 7. The first kappa shape index (κ1) is 36.8. The van der Waals surface area contributed by atoms with Gasteiger partial charge in [-0.25, -0.2) is 0 Å². The van der Waals surface area contributed by atoms with Crippen molar-refractivity contribution in [2.24, 2.45) is 0 Å². The average molecular weight is 782 g/mol. The second-order valence-corrected chi connectivity index (χ2v) is 17.7. The minimum Gasteiger partial charge on any atom is -0.309 e. The van der Waals surface area contributed by atoms with E-state index in [0.717, 1.165) is 11.4 Å². The lowest BCUT2D eigenvalue weighted by Crippen LogP contribution is -2.16. The first-order chi connectivity index (χ1) is 29.8. The summed E-state index contributed by atoms with van der Waals surface area (Å²) in [6.07, 6.45) is 0. The Balaban J connectivity index is 1.15. The number of nitrogens with zero attached hydrogens (tertiary/aromatic N) is 1. The number of benzene rings is 9. The third kappa shape index (κ3) is 5.83. The van der Waals surface area contributed by atoms with Crippen molar-refractivity contribution in [1.29, 1.82) is 0 Å². The maximum absolute atomic E-state index is 2.53. The summed E-state index contributed by atoms with van der Waals surface area (Å²) in [4.78, 5) is 2.53. The molecule has 292 valence electrons. The summed E-state index contributed by atoms with van der Waals surface area (Å²) in [6.45, 7) is 9.46. The molecule has 0 unspecified atom stereocenters. The Labute approximate surface area is 360 Å². The maximum Gasteiger partial charge on any atom is 0.0546 e. The van der Waals surface area contributed by atoms with Gasteiger partial charge in [-0.2, -0.15) is 0 Å². The molecule has 0 bridgehead atoms. The zero-order chi connectivity index (χ0) is 41.3. The van der Waals surface area contributed by atoms with Crippen LogP contribution >= 0.6 is 0 Å². The SMILES string of the molecule is CC1(C)c2ccccc2-c2ccc(-c3ccc(N(c4cccc(-c5ccccc5)c4-c4ccccc4-c4ccccc4)c4cccc5c4-c4ccccc4C5(C)C)cc3)cc21. The minimum atomic E-state index is -0.146. The first-order valence-corrected chi connectivity index (χ1v) is 21.5. The van der Waals surface area contributed by atoms with Gasteiger partial charge in [-0.3, -0.25) is 0 Å². The van der Waals surface area contributed by atoms with Crippen LogP contribution in [0.2, 0.25) is 0 Å². The van der Waals surface area contributed by atoms with Crippen LogP contribution in [0.3, 0.4) is 0 Å². The predicted molar refractivity (Wildman–Crippen MR) is 258 cm³/mol. The first-order valence-electron chi connectivity index (χ1n) is 21.5. The van der Waals surface area contributed by atoms with E-state index in [4.69, 9.17) is 0 Å². The highest BCUT2D eigenvalue weighted by molar-refractivity contribution is 6.04. The summed E-state index contributed by atoms with van der Waals surface area (Å²) in [5.74, 6) is 0. The summed E-state index contributed by atoms with van der Waals surface area (Å²) >= 11 is 0. The third-order valence-electron chi connectivity index (χ3n) is 13.5. The highest BCUT2D eigenvalue weighted by Gasteiger charge is 2.39. The number of hydrogen-bond acceptors (Lipinski definition) is 1. The Morgan fingerprint density at radius 1 is 0.279 bits per heavy atom. The molecule has 0 amide bonds. The quantitative estimate of drug-likeness (QED) is 0.156. The zero-order valence-corrected chi connectivity index (χ0v) is 35.2. The molecule has 61 heavy (non-hydrogen) atoms. The van der Waals surface area contributed by atoms with Gasteiger partial charge in [-0.05, 0) is 108 Å². The summed E-state index contributed by atoms with van der Waals surface area (Å²) in [5.41, 5.74) is 23.6. The number of hydrogen-bond donors (Lipinski definition) is 0. The Morgan fingerprint density at radius 3 is 1.43 bits per heavy atom. The van der Waals surface area contributed by atoms with Gasteiger partial charge in [-0.15, -0.1) is 0 Å². The number of anilines is 3. The van der Waals surface area contributed by atoms with Gasteiger partial charge < -0.3 is 4.90 Å². The van der Waals surface area contributed by atoms with Crippen LogP contribution in [0.1, 0.15) is 49.9 Å². The highest BCUT2D eigenvalue weighted by Crippen LogP contribution is 2.56. The fourth-order valence-corrected chi connectivity index (χ4v) is 10.5. The van der Waals surface area contributed by atoms with E-state index in [1.54, 1.807) is 0 Å². The summed E-state index contributed by atoms with van der Waals surface area (Å²) in [7, 11) is 0. The van der Waals surface area contributed by atoms with Crippen molar-refractivity contribution < 1.29 is 0 Å². The van der Waals surface area contributed by atoms with Gasteiger partial charge in [0, 0.05) is 27.6 Å². The smallest absolute Gasteiger partial charge is 0.0546 e. The molecule has 0 heterocycles. The van der Waals surface area contributed by atoms with Gasteiger partial charge in [0.1, 0.15) is 0 Å². The lowest BCUT2D eigenvalue weighted by atomic mass is 9.81. The molecule has 1 nitrogen and oxygen atoms in total. The van der Waals surface area contributed by atoms with Crippen molar-refractivity contribution in [2.45, 2.75) is 38.5 Å². The molecule has 9 aromatic rings. The van der Waals surface area contributed by atoms with Crippen molar-refractivity contribution >= 4 is 17.1 Å². The van der Waals surface area contributed by atoms with E-state index in [1.165, 1.54) is 94.7 Å². The molecule has 0 saturated carbocycles. The molecule has 0 saturated heterocycles. The zero-order valence-electron chi connectivity index (χ0n) is 35.2. The van der Waals surface area contributed by atoms with Gasteiger partial charge in [0.15, 0.2) is 0 Å².